The Hall–Kier alpha value is -0.860. The van der Waals surface area contributed by atoms with Gasteiger partial charge in [-0.25, -0.2) is 0 Å². The van der Waals surface area contributed by atoms with Crippen molar-refractivity contribution in [2.24, 2.45) is 5.73 Å². The first-order valence-corrected chi connectivity index (χ1v) is 6.38. The summed E-state index contributed by atoms with van der Waals surface area (Å²) in [5, 5.41) is 3.70. The van der Waals surface area contributed by atoms with E-state index in [4.69, 9.17) is 5.73 Å². The van der Waals surface area contributed by atoms with Gasteiger partial charge in [0, 0.05) is 18.1 Å². The quantitative estimate of drug-likeness (QED) is 0.818. The van der Waals surface area contributed by atoms with Crippen LogP contribution >= 0.6 is 0 Å². The molecule has 0 amide bonds. The van der Waals surface area contributed by atoms with Crippen molar-refractivity contribution in [1.82, 2.24) is 5.32 Å². The van der Waals surface area contributed by atoms with Crippen LogP contribution in [0.3, 0.4) is 0 Å². The molecule has 0 unspecified atom stereocenters. The number of nitrogens with two attached hydrogens (primary N) is 1. The van der Waals surface area contributed by atoms with E-state index in [2.05, 4.69) is 42.6 Å². The van der Waals surface area contributed by atoms with Crippen molar-refractivity contribution >= 4 is 0 Å². The van der Waals surface area contributed by atoms with Crippen molar-refractivity contribution in [2.75, 3.05) is 0 Å². The molecule has 0 radical (unpaired) electrons. The molecule has 88 valence electrons. The minimum atomic E-state index is 0.260. The summed E-state index contributed by atoms with van der Waals surface area (Å²) in [4.78, 5) is 0. The van der Waals surface area contributed by atoms with E-state index in [9.17, 15) is 0 Å². The van der Waals surface area contributed by atoms with Gasteiger partial charge in [0.25, 0.3) is 0 Å². The van der Waals surface area contributed by atoms with Crippen molar-refractivity contribution < 1.29 is 0 Å². The number of piperidine rings is 1. The smallest absolute Gasteiger partial charge is 0.0475 e. The highest BCUT2D eigenvalue weighted by atomic mass is 15.0. The first kappa shape index (κ1) is 11.6. The van der Waals surface area contributed by atoms with Crippen LogP contribution in [0.1, 0.15) is 44.2 Å². The lowest BCUT2D eigenvalue weighted by Gasteiger charge is -2.36. The van der Waals surface area contributed by atoms with Crippen molar-refractivity contribution in [3.63, 3.8) is 0 Å². The molecule has 3 N–H and O–H groups in total. The third-order valence-corrected chi connectivity index (χ3v) is 3.49. The van der Waals surface area contributed by atoms with Crippen LogP contribution < -0.4 is 11.1 Å². The minimum Gasteiger partial charge on any atom is -0.326 e. The highest BCUT2D eigenvalue weighted by Crippen LogP contribution is 2.26. The van der Waals surface area contributed by atoms with Crippen LogP contribution in [0.5, 0.6) is 0 Å². The fraction of sp³-hybridized carbons (Fsp3) is 0.571. The van der Waals surface area contributed by atoms with Gasteiger partial charge in [-0.3, -0.25) is 0 Å². The third kappa shape index (κ3) is 2.63. The summed E-state index contributed by atoms with van der Waals surface area (Å²) in [7, 11) is 0. The van der Waals surface area contributed by atoms with E-state index >= 15 is 0 Å². The number of benzene rings is 1. The molecule has 2 heteroatoms. The van der Waals surface area contributed by atoms with Gasteiger partial charge in [-0.2, -0.15) is 0 Å². The van der Waals surface area contributed by atoms with Gasteiger partial charge in [-0.15, -0.1) is 0 Å². The van der Waals surface area contributed by atoms with Crippen LogP contribution in [0.25, 0.3) is 0 Å². The average Bonchev–Trinajstić information content (AvgIpc) is 2.33. The Morgan fingerprint density at radius 1 is 1.25 bits per heavy atom. The Balaban J connectivity index is 2.07. The lowest BCUT2D eigenvalue weighted by molar-refractivity contribution is 0.277. The molecule has 0 aromatic heterocycles. The Morgan fingerprint density at radius 3 is 2.69 bits per heavy atom. The van der Waals surface area contributed by atoms with Gasteiger partial charge in [0.2, 0.25) is 0 Å². The topological polar surface area (TPSA) is 38.0 Å². The van der Waals surface area contributed by atoms with Crippen LogP contribution in [0.2, 0.25) is 0 Å². The second kappa shape index (κ2) is 5.46. The van der Waals surface area contributed by atoms with E-state index < -0.39 is 0 Å². The first-order valence-electron chi connectivity index (χ1n) is 6.38. The van der Waals surface area contributed by atoms with E-state index in [-0.39, 0.29) is 6.04 Å². The summed E-state index contributed by atoms with van der Waals surface area (Å²) in [5.41, 5.74) is 7.54. The zero-order chi connectivity index (χ0) is 11.4. The molecule has 1 heterocycles. The highest BCUT2D eigenvalue weighted by Gasteiger charge is 2.27. The monoisotopic (exact) mass is 218 g/mol. The molecule has 0 bridgehead atoms. The van der Waals surface area contributed by atoms with Crippen LogP contribution in [-0.4, -0.2) is 12.1 Å². The Morgan fingerprint density at radius 2 is 2.00 bits per heavy atom. The third-order valence-electron chi connectivity index (χ3n) is 3.49. The molecule has 1 aliphatic heterocycles. The first-order chi connectivity index (χ1) is 7.81. The number of nitrogens with one attached hydrogen (secondary N) is 1. The number of rotatable bonds is 3. The maximum atomic E-state index is 6.21. The maximum absolute atomic E-state index is 6.21. The largest absolute Gasteiger partial charge is 0.326 e. The Labute approximate surface area is 98.2 Å². The van der Waals surface area contributed by atoms with Crippen LogP contribution in [0.15, 0.2) is 30.3 Å². The van der Waals surface area contributed by atoms with E-state index in [1.165, 1.54) is 24.8 Å². The second-order valence-corrected chi connectivity index (χ2v) is 4.78. The predicted octanol–water partition coefficient (Wildman–Crippen LogP) is 2.61. The molecule has 1 fully saturated rings. The lowest BCUT2D eigenvalue weighted by atomic mass is 9.88. The Kier molecular flexibility index (Phi) is 3.97. The van der Waals surface area contributed by atoms with Gasteiger partial charge in [0.05, 0.1) is 0 Å². The molecule has 0 aliphatic carbocycles. The summed E-state index contributed by atoms with van der Waals surface area (Å²) in [6.45, 7) is 2.24. The molecule has 0 spiro atoms. The van der Waals surface area contributed by atoms with E-state index in [1.54, 1.807) is 0 Å². The normalized spacial score (nSPS) is 30.2. The molecule has 1 saturated heterocycles. The fourth-order valence-electron chi connectivity index (χ4n) is 2.60. The molecule has 16 heavy (non-hydrogen) atoms. The molecule has 0 saturated carbocycles. The van der Waals surface area contributed by atoms with Gasteiger partial charge >= 0.3 is 0 Å². The van der Waals surface area contributed by atoms with Gasteiger partial charge < -0.3 is 11.1 Å². The molecule has 1 aromatic rings. The second-order valence-electron chi connectivity index (χ2n) is 4.78. The van der Waals surface area contributed by atoms with Crippen LogP contribution in [0, 0.1) is 0 Å². The van der Waals surface area contributed by atoms with Crippen LogP contribution in [-0.2, 0) is 0 Å². The summed E-state index contributed by atoms with van der Waals surface area (Å²) >= 11 is 0. The lowest BCUT2D eigenvalue weighted by Crippen LogP contribution is -2.48. The zero-order valence-corrected chi connectivity index (χ0v) is 10.0. The molecule has 2 nitrogen and oxygen atoms in total. The van der Waals surface area contributed by atoms with Crippen molar-refractivity contribution in [3.05, 3.63) is 35.9 Å². The van der Waals surface area contributed by atoms with Gasteiger partial charge in [0.15, 0.2) is 0 Å². The van der Waals surface area contributed by atoms with Crippen molar-refractivity contribution in [2.45, 2.75) is 50.7 Å². The predicted molar refractivity (Wildman–Crippen MR) is 68.2 cm³/mol. The van der Waals surface area contributed by atoms with Gasteiger partial charge in [-0.05, 0) is 24.8 Å². The Bertz CT molecular complexity index is 310. The molecular weight excluding hydrogens is 196 g/mol. The number of hydrogen-bond acceptors (Lipinski definition) is 2. The van der Waals surface area contributed by atoms with Crippen molar-refractivity contribution in [1.29, 1.82) is 0 Å². The maximum Gasteiger partial charge on any atom is 0.0475 e. The SMILES string of the molecule is CCC[C@@H]1CC[C@@H](N)[C@@H](c2ccccc2)N1. The molecule has 1 aromatic carbocycles. The zero-order valence-electron chi connectivity index (χ0n) is 10.0. The standard InChI is InChI=1S/C14H22N2/c1-2-6-12-9-10-13(15)14(16-12)11-7-4-3-5-8-11/h3-5,7-8,12-14,16H,2,6,9-10,15H2,1H3/t12-,13-,14-/m1/s1. The minimum absolute atomic E-state index is 0.260. The molecule has 2 rings (SSSR count). The van der Waals surface area contributed by atoms with E-state index in [0.717, 1.165) is 6.42 Å². The van der Waals surface area contributed by atoms with E-state index in [0.29, 0.717) is 12.1 Å². The van der Waals surface area contributed by atoms with Crippen molar-refractivity contribution in [3.8, 4) is 0 Å². The highest BCUT2D eigenvalue weighted by molar-refractivity contribution is 5.21. The fourth-order valence-corrected chi connectivity index (χ4v) is 2.60. The number of hydrogen-bond donors (Lipinski definition) is 2. The van der Waals surface area contributed by atoms with E-state index in [1.807, 2.05) is 0 Å². The summed E-state index contributed by atoms with van der Waals surface area (Å²) in [5.74, 6) is 0. The summed E-state index contributed by atoms with van der Waals surface area (Å²) in [6.07, 6.45) is 4.86. The summed E-state index contributed by atoms with van der Waals surface area (Å²) in [6, 6.07) is 11.8. The van der Waals surface area contributed by atoms with Crippen LogP contribution in [0.4, 0.5) is 0 Å². The van der Waals surface area contributed by atoms with Gasteiger partial charge in [-0.1, -0.05) is 43.7 Å². The average molecular weight is 218 g/mol. The van der Waals surface area contributed by atoms with Gasteiger partial charge in [0.1, 0.15) is 0 Å². The molecule has 1 aliphatic rings. The molecule has 3 atom stereocenters. The molecular formula is C14H22N2. The summed E-state index contributed by atoms with van der Waals surface area (Å²) < 4.78 is 0.